The summed E-state index contributed by atoms with van der Waals surface area (Å²) in [5, 5.41) is 13.3. The summed E-state index contributed by atoms with van der Waals surface area (Å²) in [6.45, 7) is 5.50. The molecule has 1 aromatic heterocycles. The SMILES string of the molecule is COc1ccc2c(=O)c(Cc3cccc(C#N)c3)c(C(NCCCN)C(C)C)oc2c1. The Bertz CT molecular complexity index is 1140. The number of nitrogens with zero attached hydrogens (tertiary/aromatic N) is 1. The zero-order chi connectivity index (χ0) is 22.4. The van der Waals surface area contributed by atoms with Gasteiger partial charge in [0.05, 0.1) is 30.2 Å². The molecule has 0 aliphatic carbocycles. The number of methoxy groups -OCH3 is 1. The maximum absolute atomic E-state index is 13.6. The van der Waals surface area contributed by atoms with Crippen LogP contribution < -0.4 is 21.2 Å². The van der Waals surface area contributed by atoms with Crippen LogP contribution in [0.3, 0.4) is 0 Å². The van der Waals surface area contributed by atoms with Crippen molar-refractivity contribution in [3.05, 3.63) is 75.1 Å². The van der Waals surface area contributed by atoms with Crippen molar-refractivity contribution < 1.29 is 9.15 Å². The van der Waals surface area contributed by atoms with Crippen molar-refractivity contribution in [2.75, 3.05) is 20.2 Å². The molecule has 3 aromatic rings. The van der Waals surface area contributed by atoms with E-state index in [1.54, 1.807) is 31.4 Å². The third-order valence-electron chi connectivity index (χ3n) is 5.36. The summed E-state index contributed by atoms with van der Waals surface area (Å²) in [7, 11) is 1.59. The first-order valence-electron chi connectivity index (χ1n) is 10.5. The third kappa shape index (κ3) is 5.13. The highest BCUT2D eigenvalue weighted by Crippen LogP contribution is 2.30. The van der Waals surface area contributed by atoms with Gasteiger partial charge in [-0.1, -0.05) is 26.0 Å². The van der Waals surface area contributed by atoms with E-state index < -0.39 is 0 Å². The van der Waals surface area contributed by atoms with Crippen LogP contribution in [-0.2, 0) is 6.42 Å². The van der Waals surface area contributed by atoms with Crippen LogP contribution >= 0.6 is 0 Å². The highest BCUT2D eigenvalue weighted by molar-refractivity contribution is 5.79. The lowest BCUT2D eigenvalue weighted by molar-refractivity contribution is 0.341. The maximum atomic E-state index is 13.6. The second-order valence-electron chi connectivity index (χ2n) is 7.94. The van der Waals surface area contributed by atoms with Crippen LogP contribution in [0.25, 0.3) is 11.0 Å². The van der Waals surface area contributed by atoms with Gasteiger partial charge in [0.15, 0.2) is 5.43 Å². The summed E-state index contributed by atoms with van der Waals surface area (Å²) >= 11 is 0. The van der Waals surface area contributed by atoms with Crippen molar-refractivity contribution in [1.82, 2.24) is 5.32 Å². The minimum Gasteiger partial charge on any atom is -0.497 e. The summed E-state index contributed by atoms with van der Waals surface area (Å²) in [5.74, 6) is 1.45. The predicted octanol–water partition coefficient (Wildman–Crippen LogP) is 3.90. The molecule has 1 heterocycles. The number of nitrogens with one attached hydrogen (secondary N) is 1. The minimum absolute atomic E-state index is 0.0625. The van der Waals surface area contributed by atoms with Gasteiger partial charge >= 0.3 is 0 Å². The van der Waals surface area contributed by atoms with E-state index in [1.807, 2.05) is 18.2 Å². The van der Waals surface area contributed by atoms with E-state index in [-0.39, 0.29) is 17.4 Å². The van der Waals surface area contributed by atoms with Crippen LogP contribution in [0.4, 0.5) is 0 Å². The molecule has 0 aliphatic heterocycles. The average Bonchev–Trinajstić information content (AvgIpc) is 2.78. The van der Waals surface area contributed by atoms with E-state index in [0.717, 1.165) is 18.5 Å². The molecule has 2 aromatic carbocycles. The smallest absolute Gasteiger partial charge is 0.196 e. The van der Waals surface area contributed by atoms with Gasteiger partial charge in [-0.05, 0) is 55.3 Å². The Morgan fingerprint density at radius 3 is 2.71 bits per heavy atom. The quantitative estimate of drug-likeness (QED) is 0.510. The molecule has 1 unspecified atom stereocenters. The fraction of sp³-hybridized carbons (Fsp3) is 0.360. The molecule has 0 bridgehead atoms. The lowest BCUT2D eigenvalue weighted by atomic mass is 9.93. The van der Waals surface area contributed by atoms with Gasteiger partial charge in [0.1, 0.15) is 17.1 Å². The van der Waals surface area contributed by atoms with Gasteiger partial charge in [0, 0.05) is 18.1 Å². The van der Waals surface area contributed by atoms with E-state index in [9.17, 15) is 10.1 Å². The Labute approximate surface area is 182 Å². The topological polar surface area (TPSA) is 101 Å². The largest absolute Gasteiger partial charge is 0.497 e. The van der Waals surface area contributed by atoms with Gasteiger partial charge in [-0.15, -0.1) is 0 Å². The molecule has 0 spiro atoms. The molecule has 3 rings (SSSR count). The molecule has 0 fully saturated rings. The van der Waals surface area contributed by atoms with Crippen LogP contribution in [0, 0.1) is 17.2 Å². The van der Waals surface area contributed by atoms with Gasteiger partial charge < -0.3 is 20.2 Å². The van der Waals surface area contributed by atoms with Crippen molar-refractivity contribution >= 4 is 11.0 Å². The first-order valence-corrected chi connectivity index (χ1v) is 10.5. The first kappa shape index (κ1) is 22.5. The Balaban J connectivity index is 2.18. The predicted molar refractivity (Wildman–Crippen MR) is 122 cm³/mol. The van der Waals surface area contributed by atoms with E-state index in [4.69, 9.17) is 14.9 Å². The van der Waals surface area contributed by atoms with Gasteiger partial charge in [0.25, 0.3) is 0 Å². The number of rotatable bonds is 9. The summed E-state index contributed by atoms with van der Waals surface area (Å²) in [6.07, 6.45) is 1.21. The molecule has 0 saturated heterocycles. The maximum Gasteiger partial charge on any atom is 0.196 e. The van der Waals surface area contributed by atoms with Crippen molar-refractivity contribution in [3.8, 4) is 11.8 Å². The molecular formula is C25H29N3O3. The molecule has 0 saturated carbocycles. The molecule has 0 radical (unpaired) electrons. The molecule has 31 heavy (non-hydrogen) atoms. The molecule has 1 atom stereocenters. The monoisotopic (exact) mass is 419 g/mol. The number of hydrogen-bond acceptors (Lipinski definition) is 6. The summed E-state index contributed by atoms with van der Waals surface area (Å²) in [6, 6.07) is 14.6. The van der Waals surface area contributed by atoms with Crippen molar-refractivity contribution in [1.29, 1.82) is 5.26 Å². The normalized spacial score (nSPS) is 12.1. The van der Waals surface area contributed by atoms with E-state index in [0.29, 0.717) is 46.6 Å². The molecule has 3 N–H and O–H groups in total. The molecule has 6 heteroatoms. The Hall–Kier alpha value is -3.14. The van der Waals surface area contributed by atoms with Gasteiger partial charge in [-0.3, -0.25) is 4.79 Å². The van der Waals surface area contributed by atoms with Gasteiger partial charge in [0.2, 0.25) is 0 Å². The van der Waals surface area contributed by atoms with Gasteiger partial charge in [-0.2, -0.15) is 5.26 Å². The van der Waals surface area contributed by atoms with Gasteiger partial charge in [-0.25, -0.2) is 0 Å². The van der Waals surface area contributed by atoms with E-state index in [1.165, 1.54) is 0 Å². The second-order valence-corrected chi connectivity index (χ2v) is 7.94. The standard InChI is InChI=1S/C25H29N3O3/c1-16(2)23(28-11-5-10-26)25-21(13-17-6-4-7-18(12-17)15-27)24(29)20-9-8-19(30-3)14-22(20)31-25/h4,6-9,12,14,16,23,28H,5,10-11,13,26H2,1-3H3. The van der Waals surface area contributed by atoms with E-state index in [2.05, 4.69) is 25.2 Å². The lowest BCUT2D eigenvalue weighted by Gasteiger charge is -2.24. The Morgan fingerprint density at radius 1 is 1.23 bits per heavy atom. The number of nitriles is 1. The molecule has 0 aliphatic rings. The van der Waals surface area contributed by atoms with Crippen LogP contribution in [0.15, 0.2) is 51.7 Å². The summed E-state index contributed by atoms with van der Waals surface area (Å²) < 4.78 is 11.7. The highest BCUT2D eigenvalue weighted by atomic mass is 16.5. The zero-order valence-electron chi connectivity index (χ0n) is 18.3. The third-order valence-corrected chi connectivity index (χ3v) is 5.36. The van der Waals surface area contributed by atoms with Crippen LogP contribution in [0.5, 0.6) is 5.75 Å². The minimum atomic E-state index is -0.149. The molecular weight excluding hydrogens is 390 g/mol. The fourth-order valence-electron chi connectivity index (χ4n) is 3.72. The Kier molecular flexibility index (Phi) is 7.45. The summed E-state index contributed by atoms with van der Waals surface area (Å²) in [5.41, 5.74) is 8.17. The van der Waals surface area contributed by atoms with Crippen LogP contribution in [0.2, 0.25) is 0 Å². The van der Waals surface area contributed by atoms with Crippen molar-refractivity contribution in [2.45, 2.75) is 32.7 Å². The molecule has 6 nitrogen and oxygen atoms in total. The fourth-order valence-corrected chi connectivity index (χ4v) is 3.72. The van der Waals surface area contributed by atoms with E-state index >= 15 is 0 Å². The number of fused-ring (bicyclic) bond motifs is 1. The Morgan fingerprint density at radius 2 is 2.03 bits per heavy atom. The van der Waals surface area contributed by atoms with Crippen molar-refractivity contribution in [2.24, 2.45) is 11.7 Å². The van der Waals surface area contributed by atoms with Crippen LogP contribution in [-0.4, -0.2) is 20.2 Å². The second kappa shape index (κ2) is 10.3. The molecule has 0 amide bonds. The number of hydrogen-bond donors (Lipinski definition) is 2. The van der Waals surface area contributed by atoms with Crippen LogP contribution in [0.1, 0.15) is 48.8 Å². The number of nitrogens with two attached hydrogens (primary N) is 1. The summed E-state index contributed by atoms with van der Waals surface area (Å²) in [4.78, 5) is 13.6. The number of benzene rings is 2. The number of ether oxygens (including phenoxy) is 1. The first-order chi connectivity index (χ1) is 15.0. The zero-order valence-corrected chi connectivity index (χ0v) is 18.3. The lowest BCUT2D eigenvalue weighted by Crippen LogP contribution is -2.30. The molecule has 162 valence electrons. The van der Waals surface area contributed by atoms with Crippen molar-refractivity contribution in [3.63, 3.8) is 0 Å². The highest BCUT2D eigenvalue weighted by Gasteiger charge is 2.25. The average molecular weight is 420 g/mol.